The van der Waals surface area contributed by atoms with Crippen LogP contribution in [0.1, 0.15) is 13.0 Å². The molecular weight excluding hydrogens is 400 g/mol. The second-order valence-electron chi connectivity index (χ2n) is 7.54. The molecule has 5 rings (SSSR count). The lowest BCUT2D eigenvalue weighted by molar-refractivity contribution is 0.181. The summed E-state index contributed by atoms with van der Waals surface area (Å²) in [7, 11) is 0. The number of pyridine rings is 2. The number of rotatable bonds is 3. The van der Waals surface area contributed by atoms with Crippen LogP contribution in [0, 0.1) is 5.92 Å². The first-order valence-electron chi connectivity index (χ1n) is 9.78. The van der Waals surface area contributed by atoms with Crippen LogP contribution in [0.2, 0.25) is 5.02 Å². The molecule has 0 aliphatic carbocycles. The summed E-state index contributed by atoms with van der Waals surface area (Å²) in [5, 5.41) is 1.17. The number of hydrogen-bond donors (Lipinski definition) is 0. The van der Waals surface area contributed by atoms with Crippen molar-refractivity contribution in [1.82, 2.24) is 19.5 Å². The molecule has 0 spiro atoms. The molecule has 7 heteroatoms. The third-order valence-electron chi connectivity index (χ3n) is 5.53. The largest absolute Gasteiger partial charge is 0.379 e. The summed E-state index contributed by atoms with van der Waals surface area (Å²) in [5.74, 6) is 0.248. The minimum Gasteiger partial charge on any atom is -0.379 e. The van der Waals surface area contributed by atoms with Crippen LogP contribution >= 0.6 is 11.6 Å². The van der Waals surface area contributed by atoms with Gasteiger partial charge in [0.15, 0.2) is 0 Å². The minimum atomic E-state index is -0.0925. The summed E-state index contributed by atoms with van der Waals surface area (Å²) < 4.78 is 7.26. The normalized spacial score (nSPS) is 18.7. The fraction of sp³-hybridized carbons (Fsp3) is 0.217. The molecule has 0 bridgehead atoms. The summed E-state index contributed by atoms with van der Waals surface area (Å²) in [6.45, 7) is 3.24. The predicted molar refractivity (Wildman–Crippen MR) is 116 cm³/mol. The first-order valence-corrected chi connectivity index (χ1v) is 10.2. The van der Waals surface area contributed by atoms with Crippen LogP contribution in [0.4, 0.5) is 0 Å². The van der Waals surface area contributed by atoms with Crippen molar-refractivity contribution in [2.75, 3.05) is 13.2 Å². The molecule has 150 valence electrons. The number of aromatic nitrogens is 4. The molecule has 0 N–H and O–H groups in total. The average Bonchev–Trinajstić information content (AvgIpc) is 3.20. The molecule has 3 aromatic heterocycles. The van der Waals surface area contributed by atoms with Gasteiger partial charge in [0.25, 0.3) is 5.56 Å². The molecule has 1 aliphatic heterocycles. The van der Waals surface area contributed by atoms with Gasteiger partial charge in [0.1, 0.15) is 5.52 Å². The van der Waals surface area contributed by atoms with E-state index in [1.54, 1.807) is 23.3 Å². The molecule has 4 aromatic rings. The number of hydrogen-bond acceptors (Lipinski definition) is 5. The van der Waals surface area contributed by atoms with Crippen molar-refractivity contribution in [2.24, 2.45) is 5.92 Å². The van der Waals surface area contributed by atoms with E-state index in [1.807, 2.05) is 42.5 Å². The number of ether oxygens (including phenoxy) is 1. The number of benzene rings is 1. The maximum atomic E-state index is 13.5. The first-order chi connectivity index (χ1) is 14.6. The quantitative estimate of drug-likeness (QED) is 0.493. The summed E-state index contributed by atoms with van der Waals surface area (Å²) in [5.41, 5.74) is 3.47. The van der Waals surface area contributed by atoms with Crippen LogP contribution < -0.4 is 5.56 Å². The van der Waals surface area contributed by atoms with Crippen molar-refractivity contribution in [3.8, 4) is 22.5 Å². The van der Waals surface area contributed by atoms with E-state index in [9.17, 15) is 4.79 Å². The Hall–Kier alpha value is -3.09. The van der Waals surface area contributed by atoms with E-state index >= 15 is 0 Å². The van der Waals surface area contributed by atoms with Gasteiger partial charge in [-0.05, 0) is 30.3 Å². The summed E-state index contributed by atoms with van der Waals surface area (Å²) in [4.78, 5) is 27.2. The van der Waals surface area contributed by atoms with Gasteiger partial charge in [0.05, 0.1) is 42.4 Å². The smallest absolute Gasteiger partial charge is 0.261 e. The van der Waals surface area contributed by atoms with Crippen molar-refractivity contribution >= 4 is 22.5 Å². The predicted octanol–water partition coefficient (Wildman–Crippen LogP) is 4.38. The fourth-order valence-corrected chi connectivity index (χ4v) is 3.98. The highest BCUT2D eigenvalue weighted by atomic mass is 35.5. The Kier molecular flexibility index (Phi) is 4.81. The summed E-state index contributed by atoms with van der Waals surface area (Å²) in [6, 6.07) is 13.0. The molecule has 4 heterocycles. The number of nitrogens with zero attached hydrogens (tertiary/aromatic N) is 4. The van der Waals surface area contributed by atoms with Crippen molar-refractivity contribution in [3.05, 3.63) is 76.6 Å². The van der Waals surface area contributed by atoms with Crippen molar-refractivity contribution in [1.29, 1.82) is 0 Å². The Morgan fingerprint density at radius 1 is 1.13 bits per heavy atom. The molecular formula is C23H19ClN4O2. The molecule has 0 unspecified atom stereocenters. The molecule has 6 nitrogen and oxygen atoms in total. The third kappa shape index (κ3) is 3.28. The van der Waals surface area contributed by atoms with Crippen LogP contribution in [-0.4, -0.2) is 32.7 Å². The van der Waals surface area contributed by atoms with E-state index < -0.39 is 0 Å². The molecule has 1 fully saturated rings. The zero-order valence-corrected chi connectivity index (χ0v) is 17.1. The Balaban J connectivity index is 1.78. The summed E-state index contributed by atoms with van der Waals surface area (Å²) in [6.07, 6.45) is 5.05. The van der Waals surface area contributed by atoms with E-state index in [2.05, 4.69) is 16.9 Å². The van der Waals surface area contributed by atoms with Crippen LogP contribution in [0.5, 0.6) is 0 Å². The van der Waals surface area contributed by atoms with Crippen molar-refractivity contribution in [2.45, 2.75) is 13.0 Å². The zero-order chi connectivity index (χ0) is 20.7. The maximum Gasteiger partial charge on any atom is 0.261 e. The summed E-state index contributed by atoms with van der Waals surface area (Å²) >= 11 is 6.05. The van der Waals surface area contributed by atoms with E-state index in [-0.39, 0.29) is 17.5 Å². The lowest BCUT2D eigenvalue weighted by Gasteiger charge is -2.17. The molecule has 30 heavy (non-hydrogen) atoms. The minimum absolute atomic E-state index is 0.0246. The van der Waals surface area contributed by atoms with Crippen molar-refractivity contribution in [3.63, 3.8) is 0 Å². The lowest BCUT2D eigenvalue weighted by atomic mass is 10.0. The van der Waals surface area contributed by atoms with Gasteiger partial charge in [-0.1, -0.05) is 30.7 Å². The topological polar surface area (TPSA) is 69.9 Å². The average molecular weight is 419 g/mol. The van der Waals surface area contributed by atoms with Gasteiger partial charge in [0, 0.05) is 34.5 Å². The van der Waals surface area contributed by atoms with Gasteiger partial charge in [-0.2, -0.15) is 0 Å². The van der Waals surface area contributed by atoms with Gasteiger partial charge in [0.2, 0.25) is 0 Å². The van der Waals surface area contributed by atoms with Gasteiger partial charge in [-0.15, -0.1) is 0 Å². The molecule has 1 aliphatic rings. The van der Waals surface area contributed by atoms with Crippen molar-refractivity contribution < 1.29 is 4.74 Å². The zero-order valence-electron chi connectivity index (χ0n) is 16.3. The monoisotopic (exact) mass is 418 g/mol. The molecule has 0 amide bonds. The van der Waals surface area contributed by atoms with Crippen LogP contribution in [0.15, 0.2) is 66.0 Å². The van der Waals surface area contributed by atoms with Crippen LogP contribution in [0.3, 0.4) is 0 Å². The molecule has 2 atom stereocenters. The van der Waals surface area contributed by atoms with Gasteiger partial charge in [-0.25, -0.2) is 9.97 Å². The highest BCUT2D eigenvalue weighted by molar-refractivity contribution is 6.30. The van der Waals surface area contributed by atoms with E-state index in [1.165, 1.54) is 0 Å². The number of fused-ring (bicyclic) bond motifs is 1. The Morgan fingerprint density at radius 2 is 1.97 bits per heavy atom. The van der Waals surface area contributed by atoms with E-state index in [4.69, 9.17) is 21.3 Å². The standard InChI is InChI=1S/C23H19ClN4O2/c1-14-11-30-12-20(14)28-13-26-22-18(23(28)29)9-19(15-4-6-17(24)7-5-15)27-21(22)16-3-2-8-25-10-16/h2-10,13-14,20H,11-12H2,1H3/t14-,20-/m1/s1. The first kappa shape index (κ1) is 18.9. The molecule has 0 radical (unpaired) electrons. The second kappa shape index (κ2) is 7.63. The van der Waals surface area contributed by atoms with E-state index in [0.29, 0.717) is 40.5 Å². The Labute approximate surface area is 178 Å². The van der Waals surface area contributed by atoms with E-state index in [0.717, 1.165) is 11.1 Å². The van der Waals surface area contributed by atoms with Gasteiger partial charge in [-0.3, -0.25) is 14.3 Å². The third-order valence-corrected chi connectivity index (χ3v) is 5.78. The highest BCUT2D eigenvalue weighted by Crippen LogP contribution is 2.30. The lowest BCUT2D eigenvalue weighted by Crippen LogP contribution is -2.28. The van der Waals surface area contributed by atoms with Gasteiger partial charge >= 0.3 is 0 Å². The van der Waals surface area contributed by atoms with Crippen LogP contribution in [0.25, 0.3) is 33.4 Å². The SMILES string of the molecule is C[C@@H]1COC[C@H]1n1cnc2c(-c3cccnc3)nc(-c3ccc(Cl)cc3)cc2c1=O. The Bertz CT molecular complexity index is 1270. The second-order valence-corrected chi connectivity index (χ2v) is 7.98. The van der Waals surface area contributed by atoms with Gasteiger partial charge < -0.3 is 4.74 Å². The number of halogens is 1. The molecule has 0 saturated carbocycles. The molecule has 1 saturated heterocycles. The van der Waals surface area contributed by atoms with Crippen LogP contribution in [-0.2, 0) is 4.74 Å². The maximum absolute atomic E-state index is 13.5. The highest BCUT2D eigenvalue weighted by Gasteiger charge is 2.27. The Morgan fingerprint density at radius 3 is 2.67 bits per heavy atom. The fourth-order valence-electron chi connectivity index (χ4n) is 3.86. The molecule has 1 aromatic carbocycles.